The molecule has 0 radical (unpaired) electrons. The molecule has 2 aromatic heterocycles. The molecule has 1 aliphatic heterocycles. The summed E-state index contributed by atoms with van der Waals surface area (Å²) in [6.07, 6.45) is 4.29. The third-order valence-electron chi connectivity index (χ3n) is 6.06. The maximum Gasteiger partial charge on any atom is 0.0457 e. The third kappa shape index (κ3) is 4.13. The number of nitrogens with zero attached hydrogens (tertiary/aromatic N) is 2. The second-order valence-electron chi connectivity index (χ2n) is 7.99. The predicted octanol–water partition coefficient (Wildman–Crippen LogP) is 3.06. The molecule has 1 aliphatic rings. The predicted molar refractivity (Wildman–Crippen MR) is 123 cm³/mol. The largest absolute Gasteiger partial charge is 0.361 e. The first-order valence-electron chi connectivity index (χ1n) is 10.9. The molecule has 5 rings (SSSR count). The zero-order valence-corrected chi connectivity index (χ0v) is 17.3. The van der Waals surface area contributed by atoms with Crippen LogP contribution in [0.4, 0.5) is 0 Å². The molecule has 0 aliphatic carbocycles. The molecular weight excluding hydrogens is 372 g/mol. The maximum atomic E-state index is 3.65. The number of H-pyrrole nitrogens is 2. The lowest BCUT2D eigenvalue weighted by Crippen LogP contribution is -2.53. The number of nitrogens with one attached hydrogen (secondary N) is 4. The van der Waals surface area contributed by atoms with E-state index in [9.17, 15) is 0 Å². The number of hydrogen-bond donors (Lipinski definition) is 4. The number of para-hydroxylation sites is 2. The number of piperazine rings is 1. The van der Waals surface area contributed by atoms with Gasteiger partial charge in [0, 0.05) is 86.6 Å². The van der Waals surface area contributed by atoms with E-state index in [1.54, 1.807) is 0 Å². The lowest BCUT2D eigenvalue weighted by atomic mass is 10.1. The molecule has 1 fully saturated rings. The van der Waals surface area contributed by atoms with Crippen molar-refractivity contribution in [2.45, 2.75) is 13.1 Å². The summed E-state index contributed by atoms with van der Waals surface area (Å²) in [5.41, 5.74) is 5.11. The first-order valence-corrected chi connectivity index (χ1v) is 10.9. The molecule has 4 aromatic rings. The molecule has 30 heavy (non-hydrogen) atoms. The van der Waals surface area contributed by atoms with Crippen LogP contribution < -0.4 is 10.6 Å². The van der Waals surface area contributed by atoms with Crippen LogP contribution in [0.2, 0.25) is 0 Å². The monoisotopic (exact) mass is 402 g/mol. The lowest BCUT2D eigenvalue weighted by Gasteiger charge is -2.38. The van der Waals surface area contributed by atoms with E-state index in [4.69, 9.17) is 0 Å². The molecule has 156 valence electrons. The fourth-order valence-corrected chi connectivity index (χ4v) is 4.42. The number of rotatable bonds is 8. The van der Waals surface area contributed by atoms with Crippen molar-refractivity contribution in [3.63, 3.8) is 0 Å². The van der Waals surface area contributed by atoms with Gasteiger partial charge in [0.1, 0.15) is 0 Å². The van der Waals surface area contributed by atoms with Gasteiger partial charge in [0.05, 0.1) is 0 Å². The molecule has 2 aromatic carbocycles. The Morgan fingerprint density at radius 3 is 2.20 bits per heavy atom. The van der Waals surface area contributed by atoms with Crippen molar-refractivity contribution in [2.75, 3.05) is 39.3 Å². The smallest absolute Gasteiger partial charge is 0.0457 e. The van der Waals surface area contributed by atoms with Crippen LogP contribution in [0.15, 0.2) is 60.9 Å². The highest BCUT2D eigenvalue weighted by Gasteiger charge is 2.19. The van der Waals surface area contributed by atoms with E-state index in [1.807, 2.05) is 0 Å². The summed E-state index contributed by atoms with van der Waals surface area (Å²) >= 11 is 0. The van der Waals surface area contributed by atoms with Crippen LogP contribution in [0.5, 0.6) is 0 Å². The summed E-state index contributed by atoms with van der Waals surface area (Å²) in [5, 5.41) is 14.8. The average Bonchev–Trinajstić information content (AvgIpc) is 3.41. The summed E-state index contributed by atoms with van der Waals surface area (Å²) in [6, 6.07) is 17.1. The van der Waals surface area contributed by atoms with Gasteiger partial charge in [0.15, 0.2) is 0 Å². The van der Waals surface area contributed by atoms with Gasteiger partial charge >= 0.3 is 0 Å². The average molecular weight is 403 g/mol. The van der Waals surface area contributed by atoms with Crippen molar-refractivity contribution >= 4 is 21.8 Å². The number of hydrazine groups is 1. The van der Waals surface area contributed by atoms with E-state index in [1.165, 1.54) is 32.9 Å². The van der Waals surface area contributed by atoms with Gasteiger partial charge in [-0.2, -0.15) is 0 Å². The lowest BCUT2D eigenvalue weighted by molar-refractivity contribution is -0.0402. The molecule has 6 heteroatoms. The number of hydrogen-bond acceptors (Lipinski definition) is 4. The first kappa shape index (κ1) is 19.3. The van der Waals surface area contributed by atoms with Crippen LogP contribution in [0.3, 0.4) is 0 Å². The SMILES string of the molecule is c1ccc2c(CNCCN(Cc3c[nH]c4ccccc34)N3CCNCC3)c[nH]c2c1. The zero-order chi connectivity index (χ0) is 20.2. The van der Waals surface area contributed by atoms with Crippen LogP contribution >= 0.6 is 0 Å². The molecular formula is C24H30N6. The molecule has 3 heterocycles. The Bertz CT molecular complexity index is 1090. The van der Waals surface area contributed by atoms with Crippen molar-refractivity contribution < 1.29 is 0 Å². The van der Waals surface area contributed by atoms with Gasteiger partial charge in [-0.15, -0.1) is 0 Å². The van der Waals surface area contributed by atoms with E-state index in [0.717, 1.165) is 52.4 Å². The minimum atomic E-state index is 0.881. The van der Waals surface area contributed by atoms with Gasteiger partial charge in [0.2, 0.25) is 0 Å². The highest BCUT2D eigenvalue weighted by atomic mass is 15.6. The van der Waals surface area contributed by atoms with E-state index < -0.39 is 0 Å². The third-order valence-corrected chi connectivity index (χ3v) is 6.06. The van der Waals surface area contributed by atoms with Crippen molar-refractivity contribution in [1.82, 2.24) is 30.6 Å². The Balaban J connectivity index is 1.24. The van der Waals surface area contributed by atoms with Crippen LogP contribution in [-0.2, 0) is 13.1 Å². The highest BCUT2D eigenvalue weighted by molar-refractivity contribution is 5.83. The number of fused-ring (bicyclic) bond motifs is 2. The van der Waals surface area contributed by atoms with Crippen LogP contribution in [0.25, 0.3) is 21.8 Å². The second-order valence-corrected chi connectivity index (χ2v) is 7.99. The van der Waals surface area contributed by atoms with Gasteiger partial charge < -0.3 is 20.6 Å². The van der Waals surface area contributed by atoms with Gasteiger partial charge in [-0.3, -0.25) is 0 Å². The topological polar surface area (TPSA) is 62.1 Å². The summed E-state index contributed by atoms with van der Waals surface area (Å²) < 4.78 is 0. The number of aromatic nitrogens is 2. The molecule has 0 atom stereocenters. The van der Waals surface area contributed by atoms with Crippen molar-refractivity contribution in [3.05, 3.63) is 72.1 Å². The Morgan fingerprint density at radius 2 is 1.47 bits per heavy atom. The van der Waals surface area contributed by atoms with Crippen molar-refractivity contribution in [2.24, 2.45) is 0 Å². The molecule has 0 bridgehead atoms. The number of aromatic amines is 2. The van der Waals surface area contributed by atoms with E-state index in [2.05, 4.69) is 91.5 Å². The van der Waals surface area contributed by atoms with Gasteiger partial charge in [-0.05, 0) is 23.3 Å². The minimum absolute atomic E-state index is 0.881. The zero-order valence-electron chi connectivity index (χ0n) is 17.3. The molecule has 6 nitrogen and oxygen atoms in total. The summed E-state index contributed by atoms with van der Waals surface area (Å²) in [5.74, 6) is 0. The molecule has 0 amide bonds. The van der Waals surface area contributed by atoms with Crippen LogP contribution in [0.1, 0.15) is 11.1 Å². The van der Waals surface area contributed by atoms with E-state index in [-0.39, 0.29) is 0 Å². The summed E-state index contributed by atoms with van der Waals surface area (Å²) in [6.45, 7) is 7.97. The fourth-order valence-electron chi connectivity index (χ4n) is 4.42. The van der Waals surface area contributed by atoms with Gasteiger partial charge in [-0.1, -0.05) is 36.4 Å². The minimum Gasteiger partial charge on any atom is -0.361 e. The molecule has 1 saturated heterocycles. The molecule has 4 N–H and O–H groups in total. The Hall–Kier alpha value is -2.64. The summed E-state index contributed by atoms with van der Waals surface area (Å²) in [7, 11) is 0. The Kier molecular flexibility index (Phi) is 5.81. The summed E-state index contributed by atoms with van der Waals surface area (Å²) in [4.78, 5) is 6.79. The van der Waals surface area contributed by atoms with E-state index in [0.29, 0.717) is 0 Å². The van der Waals surface area contributed by atoms with Gasteiger partial charge in [-0.25, -0.2) is 10.0 Å². The molecule has 0 spiro atoms. The molecule has 0 saturated carbocycles. The molecule has 0 unspecified atom stereocenters. The quantitative estimate of drug-likeness (QED) is 0.342. The van der Waals surface area contributed by atoms with Crippen molar-refractivity contribution in [1.29, 1.82) is 0 Å². The second kappa shape index (κ2) is 9.02. The first-order chi connectivity index (χ1) is 14.9. The van der Waals surface area contributed by atoms with Crippen LogP contribution in [-0.4, -0.2) is 59.3 Å². The van der Waals surface area contributed by atoms with Crippen molar-refractivity contribution in [3.8, 4) is 0 Å². The maximum absolute atomic E-state index is 3.65. The number of benzene rings is 2. The van der Waals surface area contributed by atoms with Crippen LogP contribution in [0, 0.1) is 0 Å². The van der Waals surface area contributed by atoms with Gasteiger partial charge in [0.25, 0.3) is 0 Å². The van der Waals surface area contributed by atoms with E-state index >= 15 is 0 Å². The Morgan fingerprint density at radius 1 is 0.833 bits per heavy atom. The Labute approximate surface area is 177 Å². The highest BCUT2D eigenvalue weighted by Crippen LogP contribution is 2.20. The standard InChI is InChI=1S/C24H30N6/c1-3-7-23-21(5-1)19(16-27-23)15-26-11-14-30(29-12-9-25-10-13-29)18-20-17-28-24-8-4-2-6-22(20)24/h1-8,16-17,25-28H,9-15,18H2. The fraction of sp³-hybridized carbons (Fsp3) is 0.333. The normalized spacial score (nSPS) is 15.5.